The molecule has 4 heterocycles. The van der Waals surface area contributed by atoms with Gasteiger partial charge in [-0.05, 0) is 59.8 Å². The smallest absolute Gasteiger partial charge is 0.240 e. The number of halogens is 1. The van der Waals surface area contributed by atoms with E-state index in [1.54, 1.807) is 33.3 Å². The summed E-state index contributed by atoms with van der Waals surface area (Å²) in [6, 6.07) is 23.5. The average molecular weight is 600 g/mol. The van der Waals surface area contributed by atoms with Crippen molar-refractivity contribution in [2.45, 2.75) is 18.7 Å². The molecule has 6 rings (SSSR count). The highest BCUT2D eigenvalue weighted by molar-refractivity contribution is 8.00. The number of hydrogen-bond acceptors (Lipinski definition) is 6. The van der Waals surface area contributed by atoms with Crippen LogP contribution in [0.15, 0.2) is 90.6 Å². The first kappa shape index (κ1) is 27.3. The Balaban J connectivity index is 1.50. The van der Waals surface area contributed by atoms with Gasteiger partial charge in [-0.1, -0.05) is 53.6 Å². The lowest BCUT2D eigenvalue weighted by Gasteiger charge is -2.23. The van der Waals surface area contributed by atoms with E-state index in [0.29, 0.717) is 17.4 Å². The van der Waals surface area contributed by atoms with Crippen LogP contribution in [0.1, 0.15) is 27.5 Å². The molecule has 1 N–H and O–H groups in total. The molecule has 10 heteroatoms. The summed E-state index contributed by atoms with van der Waals surface area (Å²) < 4.78 is 1.81. The number of nitrogens with one attached hydrogen (secondary N) is 1. The molecule has 3 aromatic heterocycles. The summed E-state index contributed by atoms with van der Waals surface area (Å²) in [7, 11) is 0. The van der Waals surface area contributed by atoms with Crippen molar-refractivity contribution in [2.75, 3.05) is 17.2 Å². The second-order valence-corrected chi connectivity index (χ2v) is 12.2. The number of aromatic nitrogens is 3. The van der Waals surface area contributed by atoms with Gasteiger partial charge >= 0.3 is 0 Å². The van der Waals surface area contributed by atoms with Gasteiger partial charge in [0.1, 0.15) is 18.1 Å². The van der Waals surface area contributed by atoms with Gasteiger partial charge in [-0.25, -0.2) is 4.68 Å². The average Bonchev–Trinajstić information content (AvgIpc) is 3.62. The van der Waals surface area contributed by atoms with Crippen molar-refractivity contribution < 1.29 is 9.59 Å². The van der Waals surface area contributed by atoms with Gasteiger partial charge in [0, 0.05) is 29.5 Å². The van der Waals surface area contributed by atoms with Gasteiger partial charge in [-0.2, -0.15) is 5.10 Å². The summed E-state index contributed by atoms with van der Waals surface area (Å²) in [5.41, 5.74) is 5.43. The predicted molar refractivity (Wildman–Crippen MR) is 166 cm³/mol. The Morgan fingerprint density at radius 1 is 1.10 bits per heavy atom. The van der Waals surface area contributed by atoms with Crippen molar-refractivity contribution in [1.82, 2.24) is 20.1 Å². The number of carbonyl (C=O) groups is 2. The Morgan fingerprint density at radius 3 is 2.68 bits per heavy atom. The number of thioether (sulfide) groups is 1. The van der Waals surface area contributed by atoms with Crippen molar-refractivity contribution in [3.63, 3.8) is 0 Å². The Bertz CT molecular complexity index is 1690. The fourth-order valence-corrected chi connectivity index (χ4v) is 6.93. The molecule has 0 fully saturated rings. The van der Waals surface area contributed by atoms with E-state index in [9.17, 15) is 9.59 Å². The molecule has 206 valence electrons. The number of pyridine rings is 1. The van der Waals surface area contributed by atoms with Gasteiger partial charge in [0.25, 0.3) is 0 Å². The van der Waals surface area contributed by atoms with Crippen molar-refractivity contribution in [2.24, 2.45) is 0 Å². The molecule has 0 unspecified atom stereocenters. The van der Waals surface area contributed by atoms with Crippen LogP contribution in [0, 0.1) is 6.92 Å². The minimum Gasteiger partial charge on any atom is -0.350 e. The van der Waals surface area contributed by atoms with Crippen molar-refractivity contribution in [3.05, 3.63) is 118 Å². The van der Waals surface area contributed by atoms with E-state index in [1.807, 2.05) is 85.1 Å². The molecule has 1 aliphatic rings. The second-order valence-electron chi connectivity index (χ2n) is 9.67. The van der Waals surface area contributed by atoms with Gasteiger partial charge < -0.3 is 5.32 Å². The first-order chi connectivity index (χ1) is 20.0. The monoisotopic (exact) mass is 599 g/mol. The van der Waals surface area contributed by atoms with E-state index < -0.39 is 0 Å². The van der Waals surface area contributed by atoms with Gasteiger partial charge in [0.15, 0.2) is 0 Å². The number of rotatable bonds is 7. The van der Waals surface area contributed by atoms with E-state index in [0.717, 1.165) is 38.5 Å². The van der Waals surface area contributed by atoms with Gasteiger partial charge in [-0.15, -0.1) is 23.1 Å². The number of carbonyl (C=O) groups excluding carboxylic acids is 2. The van der Waals surface area contributed by atoms with Crippen LogP contribution in [0.3, 0.4) is 0 Å². The molecule has 5 aromatic rings. The number of benzene rings is 2. The van der Waals surface area contributed by atoms with Crippen LogP contribution in [-0.2, 0) is 16.1 Å². The molecule has 7 nitrogen and oxygen atoms in total. The quantitative estimate of drug-likeness (QED) is 0.233. The third-order valence-corrected chi connectivity index (χ3v) is 9.15. The Hall–Kier alpha value is -3.92. The summed E-state index contributed by atoms with van der Waals surface area (Å²) in [5, 5.41) is 10.5. The fraction of sp³-hybridized carbons (Fsp3) is 0.161. The number of hydrogen-bond donors (Lipinski definition) is 1. The Morgan fingerprint density at radius 2 is 1.95 bits per heavy atom. The number of anilines is 1. The SMILES string of the molecule is Cc1ccc(-n2nc(-c3cccs3)c3c2N(CC(=O)NCc2cccnc2)C(=O)CS[C@@H]3c2cccc(Cl)c2)cc1. The van der Waals surface area contributed by atoms with Gasteiger partial charge in [-0.3, -0.25) is 19.5 Å². The minimum atomic E-state index is -0.270. The Kier molecular flexibility index (Phi) is 7.91. The zero-order chi connectivity index (χ0) is 28.3. The summed E-state index contributed by atoms with van der Waals surface area (Å²) in [5.74, 6) is 0.352. The van der Waals surface area contributed by atoms with E-state index in [2.05, 4.69) is 10.3 Å². The zero-order valence-corrected chi connectivity index (χ0v) is 24.5. The van der Waals surface area contributed by atoms with Crippen molar-refractivity contribution in [1.29, 1.82) is 0 Å². The maximum atomic E-state index is 13.8. The highest BCUT2D eigenvalue weighted by Crippen LogP contribution is 2.49. The summed E-state index contributed by atoms with van der Waals surface area (Å²) in [6.45, 7) is 2.20. The van der Waals surface area contributed by atoms with Crippen LogP contribution in [-0.4, -0.2) is 38.9 Å². The normalized spacial score (nSPS) is 14.9. The molecule has 0 bridgehead atoms. The highest BCUT2D eigenvalue weighted by atomic mass is 35.5. The van der Waals surface area contributed by atoms with Crippen LogP contribution in [0.25, 0.3) is 16.3 Å². The lowest BCUT2D eigenvalue weighted by Crippen LogP contribution is -2.42. The molecular weight excluding hydrogens is 574 g/mol. The highest BCUT2D eigenvalue weighted by Gasteiger charge is 2.38. The molecule has 0 saturated heterocycles. The number of aryl methyl sites for hydroxylation is 1. The van der Waals surface area contributed by atoms with E-state index in [4.69, 9.17) is 16.7 Å². The molecule has 0 radical (unpaired) electrons. The number of nitrogens with zero attached hydrogens (tertiary/aromatic N) is 4. The minimum absolute atomic E-state index is 0.143. The molecule has 1 aliphatic heterocycles. The molecule has 41 heavy (non-hydrogen) atoms. The van der Waals surface area contributed by atoms with Gasteiger partial charge in [0.2, 0.25) is 11.8 Å². The standard InChI is InChI=1S/C31H26ClN5O2S2/c1-20-9-11-24(12-10-20)37-31-28(29(35-37)25-8-4-14-40-25)30(22-6-2-7-23(32)15-22)41-19-27(39)36(31)18-26(38)34-17-21-5-3-13-33-16-21/h2-16,30H,17-19H2,1H3,(H,34,38)/t30-/m1/s1. The molecule has 0 saturated carbocycles. The maximum Gasteiger partial charge on any atom is 0.240 e. The Labute approximate surface area is 251 Å². The molecular formula is C31H26ClN5O2S2. The summed E-state index contributed by atoms with van der Waals surface area (Å²) in [4.78, 5) is 33.8. The van der Waals surface area contributed by atoms with E-state index >= 15 is 0 Å². The number of thiophene rings is 1. The molecule has 0 spiro atoms. The number of fused-ring (bicyclic) bond motifs is 1. The zero-order valence-electron chi connectivity index (χ0n) is 22.2. The second kappa shape index (κ2) is 11.9. The van der Waals surface area contributed by atoms with Crippen LogP contribution in [0.5, 0.6) is 0 Å². The molecule has 2 amide bonds. The number of amides is 2. The lowest BCUT2D eigenvalue weighted by molar-refractivity contribution is -0.123. The third-order valence-electron chi connectivity index (χ3n) is 6.79. The maximum absolute atomic E-state index is 13.8. The van der Waals surface area contributed by atoms with E-state index in [1.165, 1.54) is 11.8 Å². The van der Waals surface area contributed by atoms with Crippen molar-refractivity contribution in [3.8, 4) is 16.3 Å². The topological polar surface area (TPSA) is 80.1 Å². The van der Waals surface area contributed by atoms with Crippen molar-refractivity contribution >= 4 is 52.3 Å². The van der Waals surface area contributed by atoms with Crippen LogP contribution < -0.4 is 10.2 Å². The first-order valence-corrected chi connectivity index (χ1v) is 15.4. The summed E-state index contributed by atoms with van der Waals surface area (Å²) >= 11 is 9.55. The van der Waals surface area contributed by atoms with E-state index in [-0.39, 0.29) is 29.4 Å². The first-order valence-electron chi connectivity index (χ1n) is 13.0. The molecule has 1 atom stereocenters. The predicted octanol–water partition coefficient (Wildman–Crippen LogP) is 6.44. The van der Waals surface area contributed by atoms with Crippen LogP contribution >= 0.6 is 34.7 Å². The van der Waals surface area contributed by atoms with Gasteiger partial charge in [0.05, 0.1) is 21.6 Å². The lowest BCUT2D eigenvalue weighted by atomic mass is 10.0. The fourth-order valence-electron chi connectivity index (χ4n) is 4.82. The third kappa shape index (κ3) is 5.79. The van der Waals surface area contributed by atoms with Crippen LogP contribution in [0.2, 0.25) is 5.02 Å². The largest absolute Gasteiger partial charge is 0.350 e. The molecule has 0 aliphatic carbocycles. The molecule has 2 aromatic carbocycles. The van der Waals surface area contributed by atoms with Crippen LogP contribution in [0.4, 0.5) is 5.82 Å². The summed E-state index contributed by atoms with van der Waals surface area (Å²) in [6.07, 6.45) is 3.40.